The summed E-state index contributed by atoms with van der Waals surface area (Å²) in [6, 6.07) is 7.73. The molecule has 16 heavy (non-hydrogen) atoms. The summed E-state index contributed by atoms with van der Waals surface area (Å²) in [4.78, 5) is 13.6. The molecule has 0 spiro atoms. The summed E-state index contributed by atoms with van der Waals surface area (Å²) < 4.78 is 0. The van der Waals surface area contributed by atoms with Gasteiger partial charge in [0, 0.05) is 31.3 Å². The van der Waals surface area contributed by atoms with Crippen molar-refractivity contribution in [2.45, 2.75) is 20.3 Å². The molecule has 0 amide bonds. The zero-order valence-corrected chi connectivity index (χ0v) is 10.3. The number of Topliss-reactive ketones (excluding diaryl/α,β-unsaturated/α-hetero) is 1. The van der Waals surface area contributed by atoms with E-state index in [-0.39, 0.29) is 5.78 Å². The first-order chi connectivity index (χ1) is 7.54. The lowest BCUT2D eigenvalue weighted by Gasteiger charge is -2.19. The fraction of sp³-hybridized carbons (Fsp3) is 0.357. The number of carbonyl (C=O) groups is 1. The van der Waals surface area contributed by atoms with Crippen LogP contribution in [0.3, 0.4) is 0 Å². The first kappa shape index (κ1) is 12.5. The monoisotopic (exact) mass is 217 g/mol. The Hall–Kier alpha value is -1.57. The molecule has 86 valence electrons. The maximum absolute atomic E-state index is 11.4. The van der Waals surface area contributed by atoms with Gasteiger partial charge in [-0.15, -0.1) is 0 Å². The maximum atomic E-state index is 11.4. The smallest absolute Gasteiger partial charge is 0.162 e. The summed E-state index contributed by atoms with van der Waals surface area (Å²) in [5, 5.41) is 0. The van der Waals surface area contributed by atoms with Crippen molar-refractivity contribution in [1.82, 2.24) is 0 Å². The van der Waals surface area contributed by atoms with E-state index in [0.717, 1.165) is 23.4 Å². The Labute approximate surface area is 97.6 Å². The molecule has 0 N–H and O–H groups in total. The van der Waals surface area contributed by atoms with Crippen LogP contribution in [-0.2, 0) is 0 Å². The Balaban J connectivity index is 2.78. The van der Waals surface area contributed by atoms with Crippen molar-refractivity contribution in [2.24, 2.45) is 0 Å². The van der Waals surface area contributed by atoms with Gasteiger partial charge in [-0.25, -0.2) is 0 Å². The second-order valence-corrected chi connectivity index (χ2v) is 4.14. The van der Waals surface area contributed by atoms with Crippen molar-refractivity contribution in [2.75, 3.05) is 18.5 Å². The molecule has 0 unspecified atom stereocenters. The predicted molar refractivity (Wildman–Crippen MR) is 69.1 cm³/mol. The minimum absolute atomic E-state index is 0.189. The Morgan fingerprint density at radius 3 is 2.31 bits per heavy atom. The number of ketones is 1. The zero-order chi connectivity index (χ0) is 12.1. The summed E-state index contributed by atoms with van der Waals surface area (Å²) >= 11 is 0. The van der Waals surface area contributed by atoms with E-state index in [1.54, 1.807) is 0 Å². The van der Waals surface area contributed by atoms with E-state index in [1.165, 1.54) is 0 Å². The predicted octanol–water partition coefficient (Wildman–Crippen LogP) is 3.29. The standard InChI is InChI=1S/C14H19NO/c1-5-14(16)12-6-8-13(9-7-12)15(4)10-11(2)3/h6-9H,2,5,10H2,1,3-4H3. The SMILES string of the molecule is C=C(C)CN(C)c1ccc(C(=O)CC)cc1. The van der Waals surface area contributed by atoms with Crippen LogP contribution in [0.5, 0.6) is 0 Å². The Morgan fingerprint density at radius 1 is 1.31 bits per heavy atom. The minimum Gasteiger partial charge on any atom is -0.371 e. The third kappa shape index (κ3) is 3.23. The summed E-state index contributed by atoms with van der Waals surface area (Å²) in [7, 11) is 2.02. The van der Waals surface area contributed by atoms with Crippen LogP contribution >= 0.6 is 0 Å². The molecule has 0 aliphatic heterocycles. The quantitative estimate of drug-likeness (QED) is 0.557. The van der Waals surface area contributed by atoms with Crippen molar-refractivity contribution in [3.05, 3.63) is 42.0 Å². The molecule has 1 aromatic rings. The van der Waals surface area contributed by atoms with Crippen LogP contribution < -0.4 is 4.90 Å². The van der Waals surface area contributed by atoms with Crippen LogP contribution in [0, 0.1) is 0 Å². The first-order valence-corrected chi connectivity index (χ1v) is 5.53. The zero-order valence-electron chi connectivity index (χ0n) is 10.3. The highest BCUT2D eigenvalue weighted by Crippen LogP contribution is 2.15. The van der Waals surface area contributed by atoms with Crippen LogP contribution in [0.2, 0.25) is 0 Å². The topological polar surface area (TPSA) is 20.3 Å². The molecule has 0 fully saturated rings. The summed E-state index contributed by atoms with van der Waals surface area (Å²) in [5.74, 6) is 0.189. The van der Waals surface area contributed by atoms with Gasteiger partial charge in [0.1, 0.15) is 0 Å². The Kier molecular flexibility index (Phi) is 4.29. The summed E-state index contributed by atoms with van der Waals surface area (Å²) in [6.45, 7) is 8.60. The van der Waals surface area contributed by atoms with Gasteiger partial charge in [-0.3, -0.25) is 4.79 Å². The number of rotatable bonds is 5. The third-order valence-corrected chi connectivity index (χ3v) is 2.46. The summed E-state index contributed by atoms with van der Waals surface area (Å²) in [5.41, 5.74) is 3.02. The Morgan fingerprint density at radius 2 is 1.88 bits per heavy atom. The summed E-state index contributed by atoms with van der Waals surface area (Å²) in [6.07, 6.45) is 0.556. The van der Waals surface area contributed by atoms with Crippen molar-refractivity contribution < 1.29 is 4.79 Å². The average molecular weight is 217 g/mol. The van der Waals surface area contributed by atoms with E-state index in [2.05, 4.69) is 11.5 Å². The molecule has 0 radical (unpaired) electrons. The molecule has 0 aliphatic carbocycles. The lowest BCUT2D eigenvalue weighted by Crippen LogP contribution is -2.18. The number of anilines is 1. The molecule has 0 aromatic heterocycles. The number of benzene rings is 1. The number of nitrogens with zero attached hydrogens (tertiary/aromatic N) is 1. The van der Waals surface area contributed by atoms with Crippen LogP contribution in [0.4, 0.5) is 5.69 Å². The van der Waals surface area contributed by atoms with E-state index in [0.29, 0.717) is 6.42 Å². The van der Waals surface area contributed by atoms with E-state index < -0.39 is 0 Å². The van der Waals surface area contributed by atoms with E-state index in [9.17, 15) is 4.79 Å². The maximum Gasteiger partial charge on any atom is 0.162 e. The van der Waals surface area contributed by atoms with Gasteiger partial charge >= 0.3 is 0 Å². The molecule has 1 rings (SSSR count). The van der Waals surface area contributed by atoms with Crippen LogP contribution in [0.25, 0.3) is 0 Å². The van der Waals surface area contributed by atoms with Crippen molar-refractivity contribution >= 4 is 11.5 Å². The molecule has 1 aromatic carbocycles. The lowest BCUT2D eigenvalue weighted by molar-refractivity contribution is 0.0988. The van der Waals surface area contributed by atoms with Crippen molar-refractivity contribution in [3.63, 3.8) is 0 Å². The van der Waals surface area contributed by atoms with Crippen molar-refractivity contribution in [3.8, 4) is 0 Å². The highest BCUT2D eigenvalue weighted by atomic mass is 16.1. The molecule has 2 heteroatoms. The fourth-order valence-electron chi connectivity index (χ4n) is 1.60. The van der Waals surface area contributed by atoms with Crippen LogP contribution in [0.1, 0.15) is 30.6 Å². The Bertz CT molecular complexity index is 378. The molecule has 0 aliphatic rings. The molecule has 0 bridgehead atoms. The van der Waals surface area contributed by atoms with Gasteiger partial charge in [0.2, 0.25) is 0 Å². The van der Waals surface area contributed by atoms with Gasteiger partial charge in [-0.05, 0) is 31.2 Å². The van der Waals surface area contributed by atoms with Gasteiger partial charge in [-0.2, -0.15) is 0 Å². The van der Waals surface area contributed by atoms with E-state index in [4.69, 9.17) is 0 Å². The van der Waals surface area contributed by atoms with Gasteiger partial charge in [0.15, 0.2) is 5.78 Å². The molecule has 0 heterocycles. The van der Waals surface area contributed by atoms with Crippen molar-refractivity contribution in [1.29, 1.82) is 0 Å². The number of carbonyl (C=O) groups excluding carboxylic acids is 1. The molecule has 2 nitrogen and oxygen atoms in total. The molecule has 0 saturated carbocycles. The molecular formula is C14H19NO. The van der Waals surface area contributed by atoms with E-state index >= 15 is 0 Å². The highest BCUT2D eigenvalue weighted by Gasteiger charge is 2.04. The number of hydrogen-bond donors (Lipinski definition) is 0. The van der Waals surface area contributed by atoms with E-state index in [1.807, 2.05) is 45.2 Å². The number of hydrogen-bond acceptors (Lipinski definition) is 2. The van der Waals surface area contributed by atoms with Gasteiger partial charge in [0.25, 0.3) is 0 Å². The molecular weight excluding hydrogens is 198 g/mol. The minimum atomic E-state index is 0.189. The first-order valence-electron chi connectivity index (χ1n) is 5.53. The second kappa shape index (κ2) is 5.50. The largest absolute Gasteiger partial charge is 0.371 e. The van der Waals surface area contributed by atoms with Gasteiger partial charge in [-0.1, -0.05) is 19.1 Å². The van der Waals surface area contributed by atoms with Gasteiger partial charge in [0.05, 0.1) is 0 Å². The number of likely N-dealkylation sites (N-methyl/N-ethyl adjacent to an activating group) is 1. The highest BCUT2D eigenvalue weighted by molar-refractivity contribution is 5.96. The molecule has 0 saturated heterocycles. The third-order valence-electron chi connectivity index (χ3n) is 2.46. The lowest BCUT2D eigenvalue weighted by atomic mass is 10.1. The average Bonchev–Trinajstić information content (AvgIpc) is 2.27. The fourth-order valence-corrected chi connectivity index (χ4v) is 1.60. The molecule has 0 atom stereocenters. The van der Waals surface area contributed by atoms with Crippen LogP contribution in [0.15, 0.2) is 36.4 Å². The second-order valence-electron chi connectivity index (χ2n) is 4.14. The van der Waals surface area contributed by atoms with Crippen LogP contribution in [-0.4, -0.2) is 19.4 Å². The van der Waals surface area contributed by atoms with Gasteiger partial charge < -0.3 is 4.90 Å². The normalized spacial score (nSPS) is 9.94.